The molecule has 0 aliphatic heterocycles. The number of rotatable bonds is 5. The Labute approximate surface area is 119 Å². The maximum absolute atomic E-state index is 12.7. The Hall–Kier alpha value is -0.870. The van der Waals surface area contributed by atoms with Crippen LogP contribution < -0.4 is 0 Å². The fourth-order valence-corrected chi connectivity index (χ4v) is 3.18. The van der Waals surface area contributed by atoms with Gasteiger partial charge in [-0.25, -0.2) is 0 Å². The van der Waals surface area contributed by atoms with Crippen molar-refractivity contribution in [3.05, 3.63) is 16.9 Å². The van der Waals surface area contributed by atoms with E-state index in [-0.39, 0.29) is 22.5 Å². The molecule has 1 aromatic rings. The van der Waals surface area contributed by atoms with Gasteiger partial charge in [0.25, 0.3) is 0 Å². The van der Waals surface area contributed by atoms with Gasteiger partial charge in [-0.1, -0.05) is 39.3 Å². The molecule has 0 atom stereocenters. The molecular formula is C14H21ClN2O2. The van der Waals surface area contributed by atoms with Crippen molar-refractivity contribution in [2.75, 3.05) is 13.7 Å². The Kier molecular flexibility index (Phi) is 3.52. The van der Waals surface area contributed by atoms with E-state index >= 15 is 0 Å². The van der Waals surface area contributed by atoms with Crippen LogP contribution in [-0.4, -0.2) is 29.3 Å². The maximum atomic E-state index is 12.7. The molecule has 19 heavy (non-hydrogen) atoms. The molecule has 106 valence electrons. The highest BCUT2D eigenvalue weighted by molar-refractivity contribution is 6.33. The highest BCUT2D eigenvalue weighted by atomic mass is 35.5. The summed E-state index contributed by atoms with van der Waals surface area (Å²) >= 11 is 6.13. The number of Topliss-reactive ketones (excluding diaryl/α,β-unsaturated/α-hetero) is 1. The highest BCUT2D eigenvalue weighted by Crippen LogP contribution is 2.69. The molecule has 0 N–H and O–H groups in total. The fraction of sp³-hybridized carbons (Fsp3) is 0.714. The van der Waals surface area contributed by atoms with E-state index in [1.54, 1.807) is 11.8 Å². The van der Waals surface area contributed by atoms with Gasteiger partial charge in [0.2, 0.25) is 0 Å². The van der Waals surface area contributed by atoms with E-state index < -0.39 is 0 Å². The number of hydrogen-bond donors (Lipinski definition) is 0. The predicted octanol–water partition coefficient (Wildman–Crippen LogP) is 3.05. The molecule has 5 heteroatoms. The van der Waals surface area contributed by atoms with Crippen molar-refractivity contribution in [3.63, 3.8) is 0 Å². The first kappa shape index (κ1) is 14.5. The van der Waals surface area contributed by atoms with E-state index in [4.69, 9.17) is 16.3 Å². The van der Waals surface area contributed by atoms with Crippen LogP contribution >= 0.6 is 11.6 Å². The fourth-order valence-electron chi connectivity index (χ4n) is 2.94. The van der Waals surface area contributed by atoms with Crippen molar-refractivity contribution in [2.24, 2.45) is 16.7 Å². The van der Waals surface area contributed by atoms with Gasteiger partial charge in [0.15, 0.2) is 5.78 Å². The van der Waals surface area contributed by atoms with Crippen molar-refractivity contribution in [1.82, 2.24) is 9.78 Å². The van der Waals surface area contributed by atoms with E-state index in [9.17, 15) is 4.79 Å². The monoisotopic (exact) mass is 284 g/mol. The summed E-state index contributed by atoms with van der Waals surface area (Å²) < 4.78 is 6.68. The van der Waals surface area contributed by atoms with Crippen LogP contribution in [0.1, 0.15) is 38.2 Å². The van der Waals surface area contributed by atoms with Crippen LogP contribution in [0.5, 0.6) is 0 Å². The number of halogens is 1. The smallest absolute Gasteiger partial charge is 0.186 e. The lowest BCUT2D eigenvalue weighted by atomic mass is 10.0. The second-order valence-electron chi connectivity index (χ2n) is 6.30. The Bertz CT molecular complexity index is 492. The lowest BCUT2D eigenvalue weighted by molar-refractivity contribution is 0.0931. The molecule has 0 amide bonds. The van der Waals surface area contributed by atoms with Crippen molar-refractivity contribution in [3.8, 4) is 0 Å². The number of ketones is 1. The van der Waals surface area contributed by atoms with Crippen LogP contribution in [0, 0.1) is 16.7 Å². The number of carbonyl (C=O) groups excluding carboxylic acids is 1. The summed E-state index contributed by atoms with van der Waals surface area (Å²) in [6.07, 6.45) is 1.53. The summed E-state index contributed by atoms with van der Waals surface area (Å²) in [6.45, 7) is 9.55. The summed E-state index contributed by atoms with van der Waals surface area (Å²) in [4.78, 5) is 12.7. The van der Waals surface area contributed by atoms with Gasteiger partial charge < -0.3 is 4.74 Å². The van der Waals surface area contributed by atoms with Gasteiger partial charge in [-0.15, -0.1) is 0 Å². The second kappa shape index (κ2) is 4.60. The number of hydrogen-bond acceptors (Lipinski definition) is 3. The summed E-state index contributed by atoms with van der Waals surface area (Å²) in [5.41, 5.74) is 0.524. The molecule has 2 rings (SSSR count). The van der Waals surface area contributed by atoms with Gasteiger partial charge in [0, 0.05) is 13.0 Å². The molecule has 1 fully saturated rings. The molecule has 0 aromatic carbocycles. The Morgan fingerprint density at radius 1 is 1.42 bits per heavy atom. The van der Waals surface area contributed by atoms with Gasteiger partial charge in [-0.05, 0) is 10.8 Å². The SMILES string of the molecule is COCCn1ncc(Cl)c1C(=O)C1C(C)(C)C1(C)C. The number of methoxy groups -OCH3 is 1. The molecule has 0 radical (unpaired) electrons. The third-order valence-electron chi connectivity index (χ3n) is 4.82. The first-order valence-electron chi connectivity index (χ1n) is 6.49. The number of carbonyl (C=O) groups is 1. The maximum Gasteiger partial charge on any atom is 0.186 e. The second-order valence-corrected chi connectivity index (χ2v) is 6.70. The van der Waals surface area contributed by atoms with Crippen LogP contribution in [0.4, 0.5) is 0 Å². The van der Waals surface area contributed by atoms with Crippen molar-refractivity contribution >= 4 is 17.4 Å². The Morgan fingerprint density at radius 2 is 2.00 bits per heavy atom. The minimum Gasteiger partial charge on any atom is -0.383 e. The van der Waals surface area contributed by atoms with Crippen LogP contribution in [0.15, 0.2) is 6.20 Å². The van der Waals surface area contributed by atoms with E-state index in [2.05, 4.69) is 32.8 Å². The molecule has 0 spiro atoms. The minimum atomic E-state index is -0.00417. The van der Waals surface area contributed by atoms with Crippen molar-refractivity contribution < 1.29 is 9.53 Å². The molecule has 4 nitrogen and oxygen atoms in total. The minimum absolute atomic E-state index is 0.00374. The van der Waals surface area contributed by atoms with Crippen molar-refractivity contribution in [2.45, 2.75) is 34.2 Å². The van der Waals surface area contributed by atoms with E-state index in [0.717, 1.165) is 0 Å². The van der Waals surface area contributed by atoms with Gasteiger partial charge in [-0.2, -0.15) is 5.10 Å². The molecule has 0 unspecified atom stereocenters. The third kappa shape index (κ3) is 2.11. The molecule has 1 aromatic heterocycles. The van der Waals surface area contributed by atoms with Crippen molar-refractivity contribution in [1.29, 1.82) is 0 Å². The highest BCUT2D eigenvalue weighted by Gasteiger charge is 2.68. The molecule has 1 aliphatic rings. The molecule has 1 saturated carbocycles. The zero-order valence-corrected chi connectivity index (χ0v) is 12.9. The number of ether oxygens (including phenoxy) is 1. The average molecular weight is 285 g/mol. The normalized spacial score (nSPS) is 20.5. The number of nitrogens with zero attached hydrogens (tertiary/aromatic N) is 2. The summed E-state index contributed by atoms with van der Waals surface area (Å²) in [6, 6.07) is 0. The molecule has 1 aliphatic carbocycles. The molecule has 1 heterocycles. The first-order valence-corrected chi connectivity index (χ1v) is 6.87. The van der Waals surface area contributed by atoms with E-state index in [1.807, 2.05) is 0 Å². The average Bonchev–Trinajstić information content (AvgIpc) is 2.59. The van der Waals surface area contributed by atoms with Crippen LogP contribution in [0.25, 0.3) is 0 Å². The summed E-state index contributed by atoms with van der Waals surface area (Å²) in [7, 11) is 1.62. The predicted molar refractivity (Wildman–Crippen MR) is 74.5 cm³/mol. The number of aromatic nitrogens is 2. The van der Waals surface area contributed by atoms with E-state index in [0.29, 0.717) is 23.9 Å². The first-order chi connectivity index (χ1) is 8.75. The van der Waals surface area contributed by atoms with E-state index in [1.165, 1.54) is 6.20 Å². The summed E-state index contributed by atoms with van der Waals surface area (Å²) in [5, 5.41) is 4.59. The van der Waals surface area contributed by atoms with Gasteiger partial charge in [-0.3, -0.25) is 9.48 Å². The van der Waals surface area contributed by atoms with Crippen LogP contribution in [0.2, 0.25) is 5.02 Å². The zero-order chi connectivity index (χ0) is 14.4. The van der Waals surface area contributed by atoms with Gasteiger partial charge in [0.1, 0.15) is 5.69 Å². The summed E-state index contributed by atoms with van der Waals surface area (Å²) in [5.74, 6) is 0.0871. The molecule has 0 saturated heterocycles. The molecular weight excluding hydrogens is 264 g/mol. The standard InChI is InChI=1S/C14H21ClN2O2/c1-13(2)12(14(13,3)4)11(18)10-9(15)8-16-17(10)6-7-19-5/h8,12H,6-7H2,1-5H3. The quantitative estimate of drug-likeness (QED) is 0.781. The topological polar surface area (TPSA) is 44.1 Å². The lowest BCUT2D eigenvalue weighted by Gasteiger charge is -2.07. The third-order valence-corrected chi connectivity index (χ3v) is 5.09. The van der Waals surface area contributed by atoms with Crippen LogP contribution in [-0.2, 0) is 11.3 Å². The zero-order valence-electron chi connectivity index (χ0n) is 12.2. The van der Waals surface area contributed by atoms with Gasteiger partial charge in [0.05, 0.1) is 24.4 Å². The van der Waals surface area contributed by atoms with Crippen LogP contribution in [0.3, 0.4) is 0 Å². The van der Waals surface area contributed by atoms with Gasteiger partial charge >= 0.3 is 0 Å². The Morgan fingerprint density at radius 3 is 2.47 bits per heavy atom. The Balaban J connectivity index is 2.28. The lowest BCUT2D eigenvalue weighted by Crippen LogP contribution is -2.17. The largest absolute Gasteiger partial charge is 0.383 e. The molecule has 0 bridgehead atoms.